The smallest absolute Gasteiger partial charge is 0.250 e. The predicted octanol–water partition coefficient (Wildman–Crippen LogP) is 30.8. The minimum absolute atomic E-state index is 0.239. The fourth-order valence-corrected chi connectivity index (χ4v) is 20.9. The molecular formula is C100H156O7Si6. The van der Waals surface area contributed by atoms with Crippen LogP contribution in [0.5, 0.6) is 0 Å². The van der Waals surface area contributed by atoms with Crippen LogP contribution in [0.15, 0.2) is 285 Å². The summed E-state index contributed by atoms with van der Waals surface area (Å²) in [5.41, 5.74) is 9.29. The van der Waals surface area contributed by atoms with Crippen LogP contribution in [-0.2, 0) is 76.3 Å². The molecule has 0 saturated carbocycles. The normalized spacial score (nSPS) is 12.0. The summed E-state index contributed by atoms with van der Waals surface area (Å²) < 4.78 is 36.6. The maximum absolute atomic E-state index is 10.6. The van der Waals surface area contributed by atoms with Gasteiger partial charge in [0.15, 0.2) is 0 Å². The molecule has 0 unspecified atom stereocenters. The summed E-state index contributed by atoms with van der Waals surface area (Å²) in [6.07, 6.45) is 16.8. The number of hydrogen-bond acceptors (Lipinski definition) is 7. The highest BCUT2D eigenvalue weighted by Gasteiger charge is 2.40. The largest absolute Gasteiger partial charge is 0.548 e. The standard InChI is InChI=1S/4C16H26OSi.2C13H20OSi.C10H12O/c2*1-14(17-18(5,6)16(2,3)4)12-13-15-10-8-7-9-11-15;2*1-5-18(6-2,7-3)17-15(4)13-14-16-11-9-8-10-12-16;2*1-12(14-15(2,3)4)10-11-13-8-6-5-7-9-13;1-9(11)7-8-10-5-3-2-4-6-10/h7-12H,13H2,1-6H3;7-11H,1,12-13H2,2-6H3;8-13H,5-7,14H2,1-4H3;8-12H,4-7,13-14H2,1-3H3;5-10H,11H2,1-4H3;5-9H,1,10-11H2,2-4H3;2-6H,7-8H2,1H3. The molecule has 0 aliphatic carbocycles. The van der Waals surface area contributed by atoms with Crippen LogP contribution in [0.4, 0.5) is 0 Å². The van der Waals surface area contributed by atoms with E-state index >= 15 is 0 Å². The van der Waals surface area contributed by atoms with Gasteiger partial charge >= 0.3 is 0 Å². The van der Waals surface area contributed by atoms with E-state index in [-0.39, 0.29) is 15.9 Å². The first-order valence-corrected chi connectivity index (χ1v) is 59.6. The molecule has 0 bridgehead atoms. The number of benzene rings is 7. The minimum Gasteiger partial charge on any atom is -0.548 e. The van der Waals surface area contributed by atoms with Gasteiger partial charge in [-0.05, 0) is 242 Å². The zero-order valence-corrected chi connectivity index (χ0v) is 81.9. The molecule has 0 heterocycles. The zero-order chi connectivity index (χ0) is 85.2. The number of allylic oxidation sites excluding steroid dienone is 9. The summed E-state index contributed by atoms with van der Waals surface area (Å²) in [5.74, 6) is 6.33. The van der Waals surface area contributed by atoms with Crippen LogP contribution in [0.3, 0.4) is 0 Å². The van der Waals surface area contributed by atoms with Crippen LogP contribution < -0.4 is 0 Å². The molecule has 7 aromatic rings. The fourth-order valence-electron chi connectivity index (χ4n) is 11.2. The van der Waals surface area contributed by atoms with E-state index in [4.69, 9.17) is 26.6 Å². The van der Waals surface area contributed by atoms with Crippen molar-refractivity contribution < 1.29 is 31.4 Å². The summed E-state index contributed by atoms with van der Waals surface area (Å²) >= 11 is 0. The lowest BCUT2D eigenvalue weighted by Crippen LogP contribution is -2.40. The van der Waals surface area contributed by atoms with E-state index in [2.05, 4.69) is 358 Å². The Hall–Kier alpha value is -7.25. The minimum atomic E-state index is -1.71. The van der Waals surface area contributed by atoms with E-state index in [0.29, 0.717) is 6.42 Å². The van der Waals surface area contributed by atoms with Crippen molar-refractivity contribution in [2.24, 2.45) is 0 Å². The molecule has 0 fully saturated rings. The second-order valence-corrected chi connectivity index (χ2v) is 62.3. The summed E-state index contributed by atoms with van der Waals surface area (Å²) in [6.45, 7) is 69.4. The van der Waals surface area contributed by atoms with Gasteiger partial charge in [0.1, 0.15) is 5.78 Å². The molecule has 0 amide bonds. The first-order chi connectivity index (χ1) is 53.0. The van der Waals surface area contributed by atoms with Crippen molar-refractivity contribution in [1.29, 1.82) is 0 Å². The van der Waals surface area contributed by atoms with E-state index in [1.807, 2.05) is 61.5 Å². The zero-order valence-electron chi connectivity index (χ0n) is 75.9. The van der Waals surface area contributed by atoms with E-state index in [9.17, 15) is 4.79 Å². The van der Waals surface area contributed by atoms with Crippen LogP contribution in [0.2, 0.25) is 112 Å². The average molecular weight is 1640 g/mol. The molecule has 0 saturated heterocycles. The fraction of sp³-hybridized carbons (Fsp3) is 0.450. The molecule has 113 heavy (non-hydrogen) atoms. The Morgan fingerprint density at radius 2 is 0.504 bits per heavy atom. The third-order valence-corrected chi connectivity index (χ3v) is 40.5. The monoisotopic (exact) mass is 1640 g/mol. The Morgan fingerprint density at radius 1 is 0.292 bits per heavy atom. The van der Waals surface area contributed by atoms with Crippen molar-refractivity contribution in [3.8, 4) is 0 Å². The van der Waals surface area contributed by atoms with Gasteiger partial charge < -0.3 is 31.4 Å². The number of carbonyl (C=O) groups excluding carboxylic acids is 1. The molecule has 0 atom stereocenters. The highest BCUT2D eigenvalue weighted by atomic mass is 28.4. The SMILES string of the molecule is C=C(CCc1ccccc1)O[Si](C)(C)C.C=C(CCc1ccccc1)O[Si](C)(C)C(C)(C)C.C=C(CCc1ccccc1)O[Si](CC)(CC)CC.CC(=CCc1ccccc1)O[Si](C)(C)C.CC(=CCc1ccccc1)O[Si](C)(C)C(C)(C)C.CC(=O)CCc1ccccc1.CC[Si](CC)(CC)OC(C)=CCc1ccccc1. The van der Waals surface area contributed by atoms with Crippen LogP contribution in [0.25, 0.3) is 0 Å². The summed E-state index contributed by atoms with van der Waals surface area (Å²) in [6, 6.07) is 80.2. The number of rotatable bonds is 36. The third kappa shape index (κ3) is 49.3. The Bertz CT molecular complexity index is 3640. The molecule has 7 nitrogen and oxygen atoms in total. The van der Waals surface area contributed by atoms with Crippen molar-refractivity contribution in [3.63, 3.8) is 0 Å². The maximum Gasteiger partial charge on any atom is 0.250 e. The third-order valence-electron chi connectivity index (χ3n) is 20.6. The molecule has 0 N–H and O–H groups in total. The van der Waals surface area contributed by atoms with Crippen molar-refractivity contribution in [1.82, 2.24) is 0 Å². The Kier molecular flexibility index (Phi) is 50.1. The van der Waals surface area contributed by atoms with E-state index in [1.54, 1.807) is 6.92 Å². The van der Waals surface area contributed by atoms with Gasteiger partial charge in [-0.2, -0.15) is 0 Å². The lowest BCUT2D eigenvalue weighted by Gasteiger charge is -2.37. The maximum atomic E-state index is 10.6. The molecule has 0 radical (unpaired) electrons. The number of carbonyl (C=O) groups is 1. The molecule has 0 spiro atoms. The van der Waals surface area contributed by atoms with Crippen molar-refractivity contribution in [3.05, 3.63) is 324 Å². The lowest BCUT2D eigenvalue weighted by atomic mass is 10.1. The first kappa shape index (κ1) is 104. The van der Waals surface area contributed by atoms with Crippen molar-refractivity contribution in [2.75, 3.05) is 0 Å². The number of hydrogen-bond donors (Lipinski definition) is 0. The van der Waals surface area contributed by atoms with E-state index in [1.165, 1.54) is 75.2 Å². The van der Waals surface area contributed by atoms with Crippen LogP contribution in [-0.4, -0.2) is 55.7 Å². The molecule has 7 aromatic carbocycles. The predicted molar refractivity (Wildman–Crippen MR) is 511 cm³/mol. The summed E-state index contributed by atoms with van der Waals surface area (Å²) in [4.78, 5) is 10.6. The van der Waals surface area contributed by atoms with Gasteiger partial charge in [-0.1, -0.05) is 315 Å². The topological polar surface area (TPSA) is 72.5 Å². The van der Waals surface area contributed by atoms with Gasteiger partial charge in [0.05, 0.1) is 34.6 Å². The molecule has 622 valence electrons. The summed E-state index contributed by atoms with van der Waals surface area (Å²) in [7, 11) is -9.27. The molecule has 13 heteroatoms. The number of ketones is 1. The Morgan fingerprint density at radius 3 is 0.752 bits per heavy atom. The number of aryl methyl sites for hydroxylation is 4. The van der Waals surface area contributed by atoms with Crippen molar-refractivity contribution in [2.45, 2.75) is 293 Å². The van der Waals surface area contributed by atoms with Gasteiger partial charge in [0.2, 0.25) is 49.9 Å². The van der Waals surface area contributed by atoms with E-state index in [0.717, 1.165) is 98.8 Å². The lowest BCUT2D eigenvalue weighted by molar-refractivity contribution is -0.117. The Labute approximate surface area is 699 Å². The first-order valence-electron chi connectivity index (χ1n) is 41.9. The molecule has 0 aromatic heterocycles. The second kappa shape index (κ2) is 54.6. The summed E-state index contributed by atoms with van der Waals surface area (Å²) in [5, 5.41) is 0.498. The van der Waals surface area contributed by atoms with Gasteiger partial charge in [0, 0.05) is 25.7 Å². The highest BCUT2D eigenvalue weighted by molar-refractivity contribution is 6.75. The second-order valence-electron chi connectivity index (χ2n) is 34.6. The molecular weight excluding hydrogens is 1480 g/mol. The molecule has 0 aliphatic heterocycles. The van der Waals surface area contributed by atoms with Gasteiger partial charge in [-0.3, -0.25) is 0 Å². The van der Waals surface area contributed by atoms with Gasteiger partial charge in [-0.15, -0.1) is 0 Å². The van der Waals surface area contributed by atoms with E-state index < -0.39 is 49.9 Å². The highest BCUT2D eigenvalue weighted by Crippen LogP contribution is 2.39. The van der Waals surface area contributed by atoms with Crippen LogP contribution in [0, 0.1) is 0 Å². The molecule has 7 rings (SSSR count). The quantitative estimate of drug-likeness (QED) is 0.0286. The Balaban J connectivity index is 0.000000662. The van der Waals surface area contributed by atoms with Crippen LogP contribution >= 0.6 is 0 Å². The molecule has 0 aliphatic rings. The average Bonchev–Trinajstić information content (AvgIpc) is 0.842. The van der Waals surface area contributed by atoms with Gasteiger partial charge in [-0.25, -0.2) is 0 Å². The van der Waals surface area contributed by atoms with Gasteiger partial charge in [0.25, 0.3) is 0 Å². The van der Waals surface area contributed by atoms with Crippen LogP contribution in [0.1, 0.15) is 175 Å². The number of Topliss-reactive ketones (excluding diaryl/α,β-unsaturated/α-hetero) is 1. The van der Waals surface area contributed by atoms with Crippen molar-refractivity contribution >= 4 is 55.7 Å².